The summed E-state index contributed by atoms with van der Waals surface area (Å²) >= 11 is 0. The second kappa shape index (κ2) is 6.18. The highest BCUT2D eigenvalue weighted by atomic mass is 16.5. The van der Waals surface area contributed by atoms with Crippen LogP contribution in [0.3, 0.4) is 0 Å². The Morgan fingerprint density at radius 2 is 1.82 bits per heavy atom. The Balaban J connectivity index is 3.06. The Morgan fingerprint density at radius 1 is 1.24 bits per heavy atom. The second-order valence-electron chi connectivity index (χ2n) is 4.04. The van der Waals surface area contributed by atoms with Crippen LogP contribution in [-0.2, 0) is 14.3 Å². The van der Waals surface area contributed by atoms with E-state index in [1.165, 1.54) is 14.0 Å². The molecule has 1 aromatic rings. The molecule has 0 aliphatic heterocycles. The predicted octanol–water partition coefficient (Wildman–Crippen LogP) is 2.56. The molecule has 3 heteroatoms. The van der Waals surface area contributed by atoms with Crippen LogP contribution >= 0.6 is 0 Å². The Bertz CT molecular complexity index is 384. The molecule has 0 saturated heterocycles. The summed E-state index contributed by atoms with van der Waals surface area (Å²) in [6.07, 6.45) is 0.726. The van der Waals surface area contributed by atoms with E-state index in [2.05, 4.69) is 0 Å². The summed E-state index contributed by atoms with van der Waals surface area (Å²) in [6, 6.07) is 9.61. The molecule has 0 fully saturated rings. The number of ether oxygens (including phenoxy) is 1. The van der Waals surface area contributed by atoms with E-state index in [1.807, 2.05) is 37.3 Å². The topological polar surface area (TPSA) is 43.4 Å². The van der Waals surface area contributed by atoms with Crippen LogP contribution in [0.4, 0.5) is 0 Å². The van der Waals surface area contributed by atoms with Crippen molar-refractivity contribution < 1.29 is 14.3 Å². The summed E-state index contributed by atoms with van der Waals surface area (Å²) in [5, 5.41) is 0. The van der Waals surface area contributed by atoms with Crippen LogP contribution in [0.1, 0.15) is 31.7 Å². The second-order valence-corrected chi connectivity index (χ2v) is 4.04. The Kier molecular flexibility index (Phi) is 4.88. The summed E-state index contributed by atoms with van der Waals surface area (Å²) in [5.41, 5.74) is 1.00. The first kappa shape index (κ1) is 13.4. The van der Waals surface area contributed by atoms with E-state index in [0.29, 0.717) is 0 Å². The molecule has 0 aromatic heterocycles. The maximum atomic E-state index is 11.7. The minimum Gasteiger partial charge on any atom is -0.468 e. The molecule has 0 heterocycles. The number of esters is 1. The van der Waals surface area contributed by atoms with E-state index in [-0.39, 0.29) is 11.7 Å². The van der Waals surface area contributed by atoms with Gasteiger partial charge in [-0.15, -0.1) is 0 Å². The number of Topliss-reactive ketones (excluding diaryl/α,β-unsaturated/α-hetero) is 1. The van der Waals surface area contributed by atoms with Gasteiger partial charge in [-0.3, -0.25) is 9.59 Å². The summed E-state index contributed by atoms with van der Waals surface area (Å²) in [6.45, 7) is 3.41. The molecule has 0 amide bonds. The van der Waals surface area contributed by atoms with Crippen LogP contribution < -0.4 is 0 Å². The summed E-state index contributed by atoms with van der Waals surface area (Å²) in [4.78, 5) is 23.3. The fourth-order valence-electron chi connectivity index (χ4n) is 2.10. The maximum absolute atomic E-state index is 11.7. The van der Waals surface area contributed by atoms with E-state index < -0.39 is 11.9 Å². The molecule has 1 aromatic carbocycles. The number of methoxy groups -OCH3 is 1. The first-order chi connectivity index (χ1) is 8.11. The molecule has 0 aliphatic rings. The highest BCUT2D eigenvalue weighted by Crippen LogP contribution is 2.29. The van der Waals surface area contributed by atoms with Crippen molar-refractivity contribution in [3.05, 3.63) is 35.9 Å². The quantitative estimate of drug-likeness (QED) is 0.581. The van der Waals surface area contributed by atoms with Crippen molar-refractivity contribution >= 4 is 11.8 Å². The van der Waals surface area contributed by atoms with Crippen LogP contribution in [0.5, 0.6) is 0 Å². The highest BCUT2D eigenvalue weighted by molar-refractivity contribution is 5.98. The lowest BCUT2D eigenvalue weighted by Crippen LogP contribution is -2.29. The third-order valence-corrected chi connectivity index (χ3v) is 2.96. The Labute approximate surface area is 102 Å². The van der Waals surface area contributed by atoms with Crippen molar-refractivity contribution in [2.75, 3.05) is 7.11 Å². The molecular formula is C14H18O3. The molecular weight excluding hydrogens is 216 g/mol. The number of carbonyl (C=O) groups is 2. The van der Waals surface area contributed by atoms with Gasteiger partial charge in [-0.05, 0) is 18.9 Å². The van der Waals surface area contributed by atoms with Crippen molar-refractivity contribution in [2.45, 2.75) is 26.2 Å². The van der Waals surface area contributed by atoms with Crippen LogP contribution in [0.15, 0.2) is 30.3 Å². The van der Waals surface area contributed by atoms with E-state index in [0.717, 1.165) is 12.0 Å². The van der Waals surface area contributed by atoms with Gasteiger partial charge in [0, 0.05) is 5.92 Å². The fourth-order valence-corrected chi connectivity index (χ4v) is 2.10. The van der Waals surface area contributed by atoms with E-state index >= 15 is 0 Å². The van der Waals surface area contributed by atoms with Gasteiger partial charge in [-0.25, -0.2) is 0 Å². The third-order valence-electron chi connectivity index (χ3n) is 2.96. The molecule has 0 bridgehead atoms. The zero-order chi connectivity index (χ0) is 12.8. The van der Waals surface area contributed by atoms with Gasteiger partial charge in [0.15, 0.2) is 0 Å². The average molecular weight is 234 g/mol. The summed E-state index contributed by atoms with van der Waals surface area (Å²) in [5.74, 6) is -1.41. The van der Waals surface area contributed by atoms with Crippen LogP contribution in [0.2, 0.25) is 0 Å². The molecule has 0 unspecified atom stereocenters. The van der Waals surface area contributed by atoms with E-state index in [9.17, 15) is 9.59 Å². The lowest BCUT2D eigenvalue weighted by Gasteiger charge is -2.22. The minimum atomic E-state index is -0.701. The van der Waals surface area contributed by atoms with Crippen LogP contribution in [-0.4, -0.2) is 18.9 Å². The van der Waals surface area contributed by atoms with Gasteiger partial charge in [0.25, 0.3) is 0 Å². The molecule has 17 heavy (non-hydrogen) atoms. The minimum absolute atomic E-state index is 0.110. The van der Waals surface area contributed by atoms with Gasteiger partial charge < -0.3 is 4.74 Å². The molecule has 0 saturated carbocycles. The maximum Gasteiger partial charge on any atom is 0.316 e. The third kappa shape index (κ3) is 3.16. The van der Waals surface area contributed by atoms with Gasteiger partial charge in [-0.1, -0.05) is 37.3 Å². The zero-order valence-corrected chi connectivity index (χ0v) is 10.5. The van der Waals surface area contributed by atoms with Crippen LogP contribution in [0, 0.1) is 5.92 Å². The number of hydrogen-bond acceptors (Lipinski definition) is 3. The standard InChI is InChI=1S/C14H18O3/c1-4-12(11-8-6-5-7-9-11)13(10(2)15)14(16)17-3/h5-9,12-13H,4H2,1-3H3/t12-,13+/m1/s1. The molecule has 92 valence electrons. The molecule has 1 rings (SSSR count). The first-order valence-electron chi connectivity index (χ1n) is 5.75. The molecule has 3 nitrogen and oxygen atoms in total. The molecule has 0 aliphatic carbocycles. The van der Waals surface area contributed by atoms with Gasteiger partial charge >= 0.3 is 5.97 Å². The average Bonchev–Trinajstić information content (AvgIpc) is 2.35. The fraction of sp³-hybridized carbons (Fsp3) is 0.429. The smallest absolute Gasteiger partial charge is 0.316 e. The van der Waals surface area contributed by atoms with E-state index in [1.54, 1.807) is 0 Å². The Hall–Kier alpha value is -1.64. The Morgan fingerprint density at radius 3 is 2.24 bits per heavy atom. The number of rotatable bonds is 5. The molecule has 0 spiro atoms. The lowest BCUT2D eigenvalue weighted by molar-refractivity contribution is -0.149. The number of ketones is 1. The van der Waals surface area contributed by atoms with E-state index in [4.69, 9.17) is 4.74 Å². The van der Waals surface area contributed by atoms with Gasteiger partial charge in [0.05, 0.1) is 7.11 Å². The first-order valence-corrected chi connectivity index (χ1v) is 5.75. The monoisotopic (exact) mass is 234 g/mol. The van der Waals surface area contributed by atoms with Crippen molar-refractivity contribution in [3.8, 4) is 0 Å². The molecule has 2 atom stereocenters. The van der Waals surface area contributed by atoms with Crippen molar-refractivity contribution in [1.29, 1.82) is 0 Å². The largest absolute Gasteiger partial charge is 0.468 e. The van der Waals surface area contributed by atoms with Gasteiger partial charge in [0.2, 0.25) is 0 Å². The highest BCUT2D eigenvalue weighted by Gasteiger charge is 2.32. The number of carbonyl (C=O) groups excluding carboxylic acids is 2. The summed E-state index contributed by atoms with van der Waals surface area (Å²) in [7, 11) is 1.32. The predicted molar refractivity (Wildman–Crippen MR) is 65.7 cm³/mol. The number of hydrogen-bond donors (Lipinski definition) is 0. The molecule has 0 radical (unpaired) electrons. The van der Waals surface area contributed by atoms with Crippen molar-refractivity contribution in [3.63, 3.8) is 0 Å². The van der Waals surface area contributed by atoms with Gasteiger partial charge in [0.1, 0.15) is 11.7 Å². The zero-order valence-electron chi connectivity index (χ0n) is 10.5. The SMILES string of the molecule is CC[C@H](c1ccccc1)[C@H](C(C)=O)C(=O)OC. The molecule has 0 N–H and O–H groups in total. The number of benzene rings is 1. The lowest BCUT2D eigenvalue weighted by atomic mass is 9.82. The van der Waals surface area contributed by atoms with Crippen LogP contribution in [0.25, 0.3) is 0 Å². The normalized spacial score (nSPS) is 13.8. The summed E-state index contributed by atoms with van der Waals surface area (Å²) < 4.78 is 4.72. The van der Waals surface area contributed by atoms with Crippen molar-refractivity contribution in [2.24, 2.45) is 5.92 Å². The van der Waals surface area contributed by atoms with Gasteiger partial charge in [-0.2, -0.15) is 0 Å². The van der Waals surface area contributed by atoms with Crippen molar-refractivity contribution in [1.82, 2.24) is 0 Å².